The van der Waals surface area contributed by atoms with E-state index in [-0.39, 0.29) is 12.8 Å². The number of nitrogens with one attached hydrogen (secondary N) is 1. The molecule has 0 spiro atoms. The van der Waals surface area contributed by atoms with Crippen LogP contribution in [0, 0.1) is 0 Å². The first kappa shape index (κ1) is 47.3. The summed E-state index contributed by atoms with van der Waals surface area (Å²) >= 11 is 0. The highest BCUT2D eigenvalue weighted by atomic mass is 31.2. The minimum absolute atomic E-state index is 0.242. The van der Waals surface area contributed by atoms with Gasteiger partial charge in [-0.3, -0.25) is 13.8 Å². The molecule has 0 heterocycles. The second kappa shape index (κ2) is 27.8. The van der Waals surface area contributed by atoms with Crippen LogP contribution in [0.25, 0.3) is 0 Å². The predicted octanol–water partition coefficient (Wildman–Crippen LogP) is 4.02. The Morgan fingerprint density at radius 1 is 0.686 bits per heavy atom. The number of phosphoric ester groups is 1. The molecule has 1 saturated carbocycles. The van der Waals surface area contributed by atoms with Crippen LogP contribution in [0.1, 0.15) is 117 Å². The van der Waals surface area contributed by atoms with Gasteiger partial charge in [0.15, 0.2) is 0 Å². The number of rotatable bonds is 28. The maximum absolute atomic E-state index is 12.8. The van der Waals surface area contributed by atoms with Crippen molar-refractivity contribution in [3.63, 3.8) is 0 Å². The zero-order valence-electron chi connectivity index (χ0n) is 30.5. The number of unbranched alkanes of at least 4 members (excludes halogenated alkanes) is 10. The van der Waals surface area contributed by atoms with Crippen molar-refractivity contribution in [3.05, 3.63) is 48.6 Å². The average Bonchev–Trinajstić information content (AvgIpc) is 3.09. The molecular weight excluding hydrogens is 681 g/mol. The zero-order chi connectivity index (χ0) is 38.1. The Balaban J connectivity index is 2.75. The van der Waals surface area contributed by atoms with E-state index in [4.69, 9.17) is 9.05 Å². The molecule has 9 N–H and O–H groups in total. The van der Waals surface area contributed by atoms with Gasteiger partial charge in [0.2, 0.25) is 5.91 Å². The smallest absolute Gasteiger partial charge is 0.392 e. The lowest BCUT2D eigenvalue weighted by Gasteiger charge is -2.41. The highest BCUT2D eigenvalue weighted by Gasteiger charge is 2.51. The summed E-state index contributed by atoms with van der Waals surface area (Å²) in [5, 5.41) is 73.7. The third kappa shape index (κ3) is 20.9. The number of hydrogen-bond donors (Lipinski definition) is 9. The van der Waals surface area contributed by atoms with E-state index < -0.39 is 75.2 Å². The number of allylic oxidation sites excluding steroid dienone is 6. The Morgan fingerprint density at radius 3 is 1.69 bits per heavy atom. The van der Waals surface area contributed by atoms with Crippen LogP contribution in [0.4, 0.5) is 0 Å². The van der Waals surface area contributed by atoms with Gasteiger partial charge in [-0.2, -0.15) is 0 Å². The molecule has 51 heavy (non-hydrogen) atoms. The van der Waals surface area contributed by atoms with Crippen molar-refractivity contribution in [3.8, 4) is 0 Å². The largest absolute Gasteiger partial charge is 0.472 e. The van der Waals surface area contributed by atoms with Crippen LogP contribution in [0.15, 0.2) is 48.6 Å². The molecular formula is C37H66NO12P. The van der Waals surface area contributed by atoms with E-state index in [2.05, 4.69) is 37.4 Å². The van der Waals surface area contributed by atoms with Crippen LogP contribution in [-0.4, -0.2) is 108 Å². The van der Waals surface area contributed by atoms with Gasteiger partial charge in [-0.15, -0.1) is 0 Å². The summed E-state index contributed by atoms with van der Waals surface area (Å²) in [6, 6.07) is -1.28. The molecule has 0 aromatic carbocycles. The molecule has 0 aromatic rings. The Kier molecular flexibility index (Phi) is 25.8. The second-order valence-corrected chi connectivity index (χ2v) is 14.6. The van der Waals surface area contributed by atoms with Crippen molar-refractivity contribution < 1.29 is 59.0 Å². The van der Waals surface area contributed by atoms with Crippen molar-refractivity contribution in [1.82, 2.24) is 5.32 Å². The van der Waals surface area contributed by atoms with Gasteiger partial charge in [-0.25, -0.2) is 4.57 Å². The average molecular weight is 748 g/mol. The zero-order valence-corrected chi connectivity index (χ0v) is 31.4. The molecule has 8 atom stereocenters. The minimum Gasteiger partial charge on any atom is -0.392 e. The van der Waals surface area contributed by atoms with E-state index in [9.17, 15) is 50.0 Å². The van der Waals surface area contributed by atoms with Gasteiger partial charge in [0.05, 0.1) is 31.3 Å². The van der Waals surface area contributed by atoms with Crippen LogP contribution in [0.5, 0.6) is 0 Å². The van der Waals surface area contributed by atoms with Gasteiger partial charge < -0.3 is 46.0 Å². The number of phosphoric acid groups is 1. The van der Waals surface area contributed by atoms with Crippen molar-refractivity contribution in [2.45, 2.75) is 171 Å². The van der Waals surface area contributed by atoms with E-state index in [0.717, 1.165) is 51.4 Å². The van der Waals surface area contributed by atoms with Gasteiger partial charge in [-0.05, 0) is 57.8 Å². The number of amides is 1. The molecule has 0 radical (unpaired) electrons. The van der Waals surface area contributed by atoms with Crippen molar-refractivity contribution in [2.75, 3.05) is 6.61 Å². The van der Waals surface area contributed by atoms with E-state index in [1.807, 2.05) is 18.2 Å². The Hall–Kier alpha value is -1.74. The Labute approximate surface area is 304 Å². The minimum atomic E-state index is -5.15. The molecule has 0 saturated heterocycles. The summed E-state index contributed by atoms with van der Waals surface area (Å²) in [5.41, 5.74) is 0. The van der Waals surface area contributed by atoms with Crippen LogP contribution in [-0.2, 0) is 18.4 Å². The summed E-state index contributed by atoms with van der Waals surface area (Å²) < 4.78 is 22.6. The van der Waals surface area contributed by atoms with E-state index >= 15 is 0 Å². The maximum Gasteiger partial charge on any atom is 0.472 e. The first-order valence-corrected chi connectivity index (χ1v) is 20.2. The molecule has 8 unspecified atom stereocenters. The number of hydrogen-bond acceptors (Lipinski definition) is 11. The molecule has 0 aliphatic heterocycles. The topological polar surface area (TPSA) is 226 Å². The number of aliphatic hydroxyl groups is 7. The molecule has 0 bridgehead atoms. The predicted molar refractivity (Wildman–Crippen MR) is 196 cm³/mol. The van der Waals surface area contributed by atoms with Crippen LogP contribution < -0.4 is 5.32 Å². The normalized spacial score (nSPS) is 25.9. The number of aliphatic hydroxyl groups excluding tert-OH is 7. The van der Waals surface area contributed by atoms with Gasteiger partial charge in [0.25, 0.3) is 0 Å². The lowest BCUT2D eigenvalue weighted by Crippen LogP contribution is -2.64. The second-order valence-electron chi connectivity index (χ2n) is 13.2. The first-order valence-electron chi connectivity index (χ1n) is 18.7. The fourth-order valence-corrected chi connectivity index (χ4v) is 6.41. The van der Waals surface area contributed by atoms with Gasteiger partial charge in [0, 0.05) is 0 Å². The van der Waals surface area contributed by atoms with E-state index in [1.54, 1.807) is 6.08 Å². The first-order chi connectivity index (χ1) is 24.3. The third-order valence-corrected chi connectivity index (χ3v) is 9.60. The lowest BCUT2D eigenvalue weighted by atomic mass is 9.85. The van der Waals surface area contributed by atoms with Gasteiger partial charge >= 0.3 is 7.82 Å². The standard InChI is InChI=1S/C37H66NO12P/c1-3-5-7-9-11-12-13-14-15-16-17-19-21-23-25-30(40)29(38-31(41)26-28(39)24-22-20-18-10-8-6-4-2)27-49-51(47,48)50-37-35(45)33(43)32(42)34(44)36(37)46/h12-13,16-17,20,22-23,25,28-30,32-37,39-40,42-46H,3-11,14-15,18-19,21,24,26-27H2,1-2H3,(H,38,41)(H,47,48)/b13-12+,17-16+,22-20-,25-23+. The fraction of sp³-hybridized carbons (Fsp3) is 0.757. The monoisotopic (exact) mass is 747 g/mol. The van der Waals surface area contributed by atoms with Crippen LogP contribution in [0.2, 0.25) is 0 Å². The molecule has 0 aromatic heterocycles. The Bertz CT molecular complexity index is 1070. The molecule has 1 amide bonds. The van der Waals surface area contributed by atoms with Crippen molar-refractivity contribution in [1.29, 1.82) is 0 Å². The quantitative estimate of drug-likeness (QED) is 0.0314. The van der Waals surface area contributed by atoms with Gasteiger partial charge in [0.1, 0.15) is 36.6 Å². The molecule has 1 fully saturated rings. The molecule has 13 nitrogen and oxygen atoms in total. The van der Waals surface area contributed by atoms with Crippen LogP contribution >= 0.6 is 7.82 Å². The summed E-state index contributed by atoms with van der Waals surface area (Å²) in [7, 11) is -5.15. The fourth-order valence-electron chi connectivity index (χ4n) is 5.44. The maximum atomic E-state index is 12.8. The van der Waals surface area contributed by atoms with Crippen molar-refractivity contribution >= 4 is 13.7 Å². The van der Waals surface area contributed by atoms with Crippen LogP contribution in [0.3, 0.4) is 0 Å². The molecule has 1 rings (SSSR count). The van der Waals surface area contributed by atoms with Crippen molar-refractivity contribution in [2.24, 2.45) is 0 Å². The Morgan fingerprint density at radius 2 is 1.16 bits per heavy atom. The SMILES string of the molecule is CCCCCC/C=C\CC(O)CC(=O)NC(COP(=O)(O)OC1C(O)C(O)C(O)C(O)C1O)C(O)/C=C/CC/C=C/CC/C=C/CCCCCC. The molecule has 1 aliphatic rings. The lowest BCUT2D eigenvalue weighted by molar-refractivity contribution is -0.220. The highest BCUT2D eigenvalue weighted by molar-refractivity contribution is 7.47. The molecule has 1 aliphatic carbocycles. The van der Waals surface area contributed by atoms with Gasteiger partial charge in [-0.1, -0.05) is 101 Å². The summed E-state index contributed by atoms with van der Waals surface area (Å²) in [6.45, 7) is 3.56. The third-order valence-electron chi connectivity index (χ3n) is 8.61. The number of carbonyl (C=O) groups is 1. The number of carbonyl (C=O) groups excluding carboxylic acids is 1. The van der Waals surface area contributed by atoms with E-state index in [0.29, 0.717) is 12.8 Å². The highest BCUT2D eigenvalue weighted by Crippen LogP contribution is 2.47. The summed E-state index contributed by atoms with van der Waals surface area (Å²) in [6.07, 6.45) is 15.5. The molecule has 296 valence electrons. The summed E-state index contributed by atoms with van der Waals surface area (Å²) in [4.78, 5) is 23.1. The summed E-state index contributed by atoms with van der Waals surface area (Å²) in [5.74, 6) is -0.648. The molecule has 14 heteroatoms. The van der Waals surface area contributed by atoms with E-state index in [1.165, 1.54) is 31.8 Å².